The standard InChI is InChI=1S/C22H28N2O4S/c1-17-6-12-21(13-7-17)29(26,27)24(19-8-10-20(28-3)11-9-19)16-22(25)23-14-4-5-18(2)15-23/h6-13,18H,4-5,14-16H2,1-3H3/t18-/m0/s1. The SMILES string of the molecule is COc1ccc(N(CC(=O)N2CCC[C@H](C)C2)S(=O)(=O)c2ccc(C)cc2)cc1. The molecular weight excluding hydrogens is 388 g/mol. The van der Waals surface area contributed by atoms with Crippen LogP contribution < -0.4 is 9.04 Å². The van der Waals surface area contributed by atoms with Crippen LogP contribution in [-0.4, -0.2) is 46.0 Å². The molecule has 1 saturated heterocycles. The fourth-order valence-corrected chi connectivity index (χ4v) is 4.95. The molecule has 1 heterocycles. The first-order valence-corrected chi connectivity index (χ1v) is 11.3. The number of aryl methyl sites for hydroxylation is 1. The Hall–Kier alpha value is -2.54. The molecule has 0 unspecified atom stereocenters. The summed E-state index contributed by atoms with van der Waals surface area (Å²) in [6.45, 7) is 5.13. The van der Waals surface area contributed by atoms with E-state index in [1.165, 1.54) is 4.31 Å². The van der Waals surface area contributed by atoms with Crippen LogP contribution >= 0.6 is 0 Å². The van der Waals surface area contributed by atoms with Crippen LogP contribution in [0.2, 0.25) is 0 Å². The maximum atomic E-state index is 13.4. The van der Waals surface area contributed by atoms with Gasteiger partial charge >= 0.3 is 0 Å². The van der Waals surface area contributed by atoms with Crippen molar-refractivity contribution in [1.29, 1.82) is 0 Å². The van der Waals surface area contributed by atoms with Crippen molar-refractivity contribution < 1.29 is 17.9 Å². The Kier molecular flexibility index (Phi) is 6.47. The molecule has 1 aliphatic rings. The van der Waals surface area contributed by atoms with Crippen LogP contribution in [0.5, 0.6) is 5.75 Å². The first-order chi connectivity index (χ1) is 13.8. The molecule has 1 amide bonds. The van der Waals surface area contributed by atoms with Gasteiger partial charge in [-0.1, -0.05) is 24.6 Å². The topological polar surface area (TPSA) is 66.9 Å². The lowest BCUT2D eigenvalue weighted by Crippen LogP contribution is -2.46. The molecule has 0 N–H and O–H groups in total. The van der Waals surface area contributed by atoms with Gasteiger partial charge in [0.05, 0.1) is 17.7 Å². The number of amides is 1. The van der Waals surface area contributed by atoms with Gasteiger partial charge in [-0.25, -0.2) is 8.42 Å². The summed E-state index contributed by atoms with van der Waals surface area (Å²) in [4.78, 5) is 14.9. The third kappa shape index (κ3) is 4.90. The number of hydrogen-bond donors (Lipinski definition) is 0. The van der Waals surface area contributed by atoms with Crippen LogP contribution in [0.15, 0.2) is 53.4 Å². The first kappa shape index (κ1) is 21.2. The van der Waals surface area contributed by atoms with Gasteiger partial charge in [0.25, 0.3) is 10.0 Å². The van der Waals surface area contributed by atoms with Gasteiger partial charge < -0.3 is 9.64 Å². The second-order valence-corrected chi connectivity index (χ2v) is 9.47. The van der Waals surface area contributed by atoms with Gasteiger partial charge in [0.2, 0.25) is 5.91 Å². The number of carbonyl (C=O) groups is 1. The van der Waals surface area contributed by atoms with E-state index >= 15 is 0 Å². The Labute approximate surface area is 173 Å². The molecule has 29 heavy (non-hydrogen) atoms. The lowest BCUT2D eigenvalue weighted by atomic mass is 10.0. The highest BCUT2D eigenvalue weighted by Crippen LogP contribution is 2.27. The summed E-state index contributed by atoms with van der Waals surface area (Å²) in [6.07, 6.45) is 2.04. The Morgan fingerprint density at radius 2 is 1.79 bits per heavy atom. The van der Waals surface area contributed by atoms with E-state index in [1.54, 1.807) is 60.5 Å². The fraction of sp³-hybridized carbons (Fsp3) is 0.409. The van der Waals surface area contributed by atoms with E-state index in [0.717, 1.165) is 18.4 Å². The van der Waals surface area contributed by atoms with Crippen molar-refractivity contribution in [3.63, 3.8) is 0 Å². The smallest absolute Gasteiger partial charge is 0.264 e. The number of ether oxygens (including phenoxy) is 1. The molecule has 0 aromatic heterocycles. The lowest BCUT2D eigenvalue weighted by molar-refractivity contribution is -0.131. The molecule has 1 atom stereocenters. The number of likely N-dealkylation sites (tertiary alicyclic amines) is 1. The molecule has 156 valence electrons. The number of sulfonamides is 1. The van der Waals surface area contributed by atoms with Gasteiger partial charge in [0.1, 0.15) is 12.3 Å². The van der Waals surface area contributed by atoms with Crippen molar-refractivity contribution in [3.8, 4) is 5.75 Å². The van der Waals surface area contributed by atoms with Gasteiger partial charge in [-0.15, -0.1) is 0 Å². The predicted octanol–water partition coefficient (Wildman–Crippen LogP) is 3.46. The second-order valence-electron chi connectivity index (χ2n) is 7.61. The summed E-state index contributed by atoms with van der Waals surface area (Å²) in [5, 5.41) is 0. The van der Waals surface area contributed by atoms with E-state index in [0.29, 0.717) is 30.4 Å². The average Bonchev–Trinajstić information content (AvgIpc) is 2.72. The highest BCUT2D eigenvalue weighted by atomic mass is 32.2. The van der Waals surface area contributed by atoms with Crippen molar-refractivity contribution in [2.75, 3.05) is 31.0 Å². The fourth-order valence-electron chi connectivity index (χ4n) is 3.54. The number of methoxy groups -OCH3 is 1. The molecular formula is C22H28N2O4S. The highest BCUT2D eigenvalue weighted by molar-refractivity contribution is 7.92. The van der Waals surface area contributed by atoms with Gasteiger partial charge in [-0.2, -0.15) is 0 Å². The number of piperidine rings is 1. The molecule has 3 rings (SSSR count). The number of nitrogens with zero attached hydrogens (tertiary/aromatic N) is 2. The van der Waals surface area contributed by atoms with Crippen molar-refractivity contribution >= 4 is 21.6 Å². The zero-order valence-corrected chi connectivity index (χ0v) is 18.0. The van der Waals surface area contributed by atoms with Crippen LogP contribution in [-0.2, 0) is 14.8 Å². The Morgan fingerprint density at radius 1 is 1.14 bits per heavy atom. The summed E-state index contributed by atoms with van der Waals surface area (Å²) in [7, 11) is -2.34. The molecule has 0 radical (unpaired) electrons. The maximum absolute atomic E-state index is 13.4. The summed E-state index contributed by atoms with van der Waals surface area (Å²) in [5.74, 6) is 0.872. The third-order valence-corrected chi connectivity index (χ3v) is 7.05. The van der Waals surface area contributed by atoms with Gasteiger partial charge in [0.15, 0.2) is 0 Å². The average molecular weight is 417 g/mol. The number of anilines is 1. The van der Waals surface area contributed by atoms with Crippen molar-refractivity contribution in [1.82, 2.24) is 4.90 Å². The van der Waals surface area contributed by atoms with Gasteiger partial charge in [0, 0.05) is 13.1 Å². The second kappa shape index (κ2) is 8.86. The zero-order valence-electron chi connectivity index (χ0n) is 17.2. The maximum Gasteiger partial charge on any atom is 0.264 e. The minimum atomic E-state index is -3.89. The Bertz CT molecular complexity index is 940. The van der Waals surface area contributed by atoms with E-state index in [-0.39, 0.29) is 17.3 Å². The molecule has 0 bridgehead atoms. The third-order valence-electron chi connectivity index (χ3n) is 5.26. The number of rotatable bonds is 6. The molecule has 1 fully saturated rings. The van der Waals surface area contributed by atoms with E-state index in [1.807, 2.05) is 6.92 Å². The van der Waals surface area contributed by atoms with Crippen LogP contribution in [0, 0.1) is 12.8 Å². The normalized spacial score (nSPS) is 17.1. The van der Waals surface area contributed by atoms with Crippen molar-refractivity contribution in [3.05, 3.63) is 54.1 Å². The highest BCUT2D eigenvalue weighted by Gasteiger charge is 2.30. The van der Waals surface area contributed by atoms with E-state index < -0.39 is 10.0 Å². The summed E-state index contributed by atoms with van der Waals surface area (Å²) in [5.41, 5.74) is 1.41. The van der Waals surface area contributed by atoms with Gasteiger partial charge in [-0.05, 0) is 62.1 Å². The van der Waals surface area contributed by atoms with Crippen LogP contribution in [0.25, 0.3) is 0 Å². The predicted molar refractivity (Wildman–Crippen MR) is 114 cm³/mol. The van der Waals surface area contributed by atoms with Gasteiger partial charge in [-0.3, -0.25) is 9.10 Å². The molecule has 2 aromatic rings. The van der Waals surface area contributed by atoms with Crippen LogP contribution in [0.3, 0.4) is 0 Å². The molecule has 7 heteroatoms. The Balaban J connectivity index is 1.94. The van der Waals surface area contributed by atoms with E-state index in [2.05, 4.69) is 6.92 Å². The number of hydrogen-bond acceptors (Lipinski definition) is 4. The molecule has 0 saturated carbocycles. The minimum Gasteiger partial charge on any atom is -0.497 e. The monoisotopic (exact) mass is 416 g/mol. The molecule has 1 aliphatic heterocycles. The van der Waals surface area contributed by atoms with Crippen molar-refractivity contribution in [2.24, 2.45) is 5.92 Å². The molecule has 0 aliphatic carbocycles. The van der Waals surface area contributed by atoms with E-state index in [4.69, 9.17) is 4.74 Å². The summed E-state index contributed by atoms with van der Waals surface area (Å²) in [6, 6.07) is 13.4. The van der Waals surface area contributed by atoms with Crippen LogP contribution in [0.4, 0.5) is 5.69 Å². The zero-order chi connectivity index (χ0) is 21.0. The number of benzene rings is 2. The number of carbonyl (C=O) groups excluding carboxylic acids is 1. The van der Waals surface area contributed by atoms with E-state index in [9.17, 15) is 13.2 Å². The summed E-state index contributed by atoms with van der Waals surface area (Å²) >= 11 is 0. The summed E-state index contributed by atoms with van der Waals surface area (Å²) < 4.78 is 33.2. The first-order valence-electron chi connectivity index (χ1n) is 9.82. The molecule has 2 aromatic carbocycles. The van der Waals surface area contributed by atoms with Crippen LogP contribution in [0.1, 0.15) is 25.3 Å². The largest absolute Gasteiger partial charge is 0.497 e. The molecule has 6 nitrogen and oxygen atoms in total. The Morgan fingerprint density at radius 3 is 2.38 bits per heavy atom. The quantitative estimate of drug-likeness (QED) is 0.723. The molecule has 0 spiro atoms. The lowest BCUT2D eigenvalue weighted by Gasteiger charge is -2.33. The minimum absolute atomic E-state index is 0.165. The van der Waals surface area contributed by atoms with Crippen molar-refractivity contribution in [2.45, 2.75) is 31.6 Å².